The highest BCUT2D eigenvalue weighted by Gasteiger charge is 2.19. The Bertz CT molecular complexity index is 396. The predicted molar refractivity (Wildman–Crippen MR) is 66.5 cm³/mol. The number of nitrogens with zero attached hydrogens (tertiary/aromatic N) is 4. The number of aromatic nitrogens is 3. The second-order valence-corrected chi connectivity index (χ2v) is 4.75. The van der Waals surface area contributed by atoms with Crippen molar-refractivity contribution < 1.29 is 4.79 Å². The summed E-state index contributed by atoms with van der Waals surface area (Å²) in [6.45, 7) is 3.00. The van der Waals surface area contributed by atoms with Gasteiger partial charge in [0.1, 0.15) is 0 Å². The maximum absolute atomic E-state index is 10.8. The fraction of sp³-hybridized carbons (Fsp3) is 0.727. The summed E-state index contributed by atoms with van der Waals surface area (Å²) >= 11 is 0. The van der Waals surface area contributed by atoms with E-state index in [0.29, 0.717) is 12.6 Å². The fourth-order valence-corrected chi connectivity index (χ4v) is 2.24. The van der Waals surface area contributed by atoms with E-state index in [9.17, 15) is 4.79 Å². The minimum atomic E-state index is -0.248. The minimum Gasteiger partial charge on any atom is -0.369 e. The van der Waals surface area contributed by atoms with Gasteiger partial charge in [-0.3, -0.25) is 14.4 Å². The number of carbonyl (C=O) groups is 1. The lowest BCUT2D eigenvalue weighted by molar-refractivity contribution is -0.119. The summed E-state index contributed by atoms with van der Waals surface area (Å²) < 4.78 is 1.77. The Balaban J connectivity index is 1.71. The van der Waals surface area contributed by atoms with Crippen LogP contribution in [0.4, 0.5) is 0 Å². The molecule has 1 aliphatic rings. The molecule has 1 fully saturated rings. The van der Waals surface area contributed by atoms with Crippen LogP contribution in [0, 0.1) is 0 Å². The molecule has 18 heavy (non-hydrogen) atoms. The van der Waals surface area contributed by atoms with Crippen molar-refractivity contribution in [3.8, 4) is 0 Å². The van der Waals surface area contributed by atoms with Gasteiger partial charge < -0.3 is 11.1 Å². The monoisotopic (exact) mass is 252 g/mol. The Morgan fingerprint density at radius 1 is 1.56 bits per heavy atom. The van der Waals surface area contributed by atoms with Crippen LogP contribution in [0.2, 0.25) is 0 Å². The van der Waals surface area contributed by atoms with Crippen LogP contribution in [0.3, 0.4) is 0 Å². The zero-order valence-corrected chi connectivity index (χ0v) is 10.7. The topological polar surface area (TPSA) is 89.1 Å². The molecular formula is C11H20N6O. The number of piperidine rings is 1. The van der Waals surface area contributed by atoms with Gasteiger partial charge in [0, 0.05) is 32.7 Å². The van der Waals surface area contributed by atoms with Gasteiger partial charge in [0.05, 0.1) is 18.4 Å². The molecule has 0 radical (unpaired) electrons. The predicted octanol–water partition coefficient (Wildman–Crippen LogP) is -1.15. The molecule has 1 aliphatic heterocycles. The van der Waals surface area contributed by atoms with E-state index in [0.717, 1.165) is 38.2 Å². The minimum absolute atomic E-state index is 0.248. The van der Waals surface area contributed by atoms with Gasteiger partial charge in [-0.1, -0.05) is 5.21 Å². The highest BCUT2D eigenvalue weighted by atomic mass is 16.1. The summed E-state index contributed by atoms with van der Waals surface area (Å²) in [7, 11) is 1.89. The first kappa shape index (κ1) is 13.0. The molecule has 3 N–H and O–H groups in total. The molecule has 7 heteroatoms. The van der Waals surface area contributed by atoms with Gasteiger partial charge in [-0.05, 0) is 12.8 Å². The van der Waals surface area contributed by atoms with E-state index in [2.05, 4.69) is 20.5 Å². The van der Waals surface area contributed by atoms with Gasteiger partial charge >= 0.3 is 0 Å². The number of primary amides is 1. The van der Waals surface area contributed by atoms with E-state index in [1.165, 1.54) is 0 Å². The summed E-state index contributed by atoms with van der Waals surface area (Å²) in [5.41, 5.74) is 6.26. The van der Waals surface area contributed by atoms with Crippen LogP contribution in [-0.4, -0.2) is 51.5 Å². The summed E-state index contributed by atoms with van der Waals surface area (Å²) in [4.78, 5) is 12.9. The zero-order valence-electron chi connectivity index (χ0n) is 10.7. The summed E-state index contributed by atoms with van der Waals surface area (Å²) in [6.07, 6.45) is 3.85. The third kappa shape index (κ3) is 3.51. The van der Waals surface area contributed by atoms with Crippen LogP contribution in [0.25, 0.3) is 0 Å². The molecule has 0 aromatic carbocycles. The van der Waals surface area contributed by atoms with E-state index < -0.39 is 0 Å². The quantitative estimate of drug-likeness (QED) is 0.691. The molecule has 0 spiro atoms. The maximum Gasteiger partial charge on any atom is 0.231 e. The molecule has 7 nitrogen and oxygen atoms in total. The second kappa shape index (κ2) is 5.92. The number of likely N-dealkylation sites (tertiary alicyclic amines) is 1. The third-order valence-electron chi connectivity index (χ3n) is 3.35. The third-order valence-corrected chi connectivity index (χ3v) is 3.35. The smallest absolute Gasteiger partial charge is 0.231 e. The van der Waals surface area contributed by atoms with Crippen LogP contribution < -0.4 is 11.1 Å². The molecule has 0 bridgehead atoms. The van der Waals surface area contributed by atoms with Crippen molar-refractivity contribution in [1.82, 2.24) is 25.2 Å². The summed E-state index contributed by atoms with van der Waals surface area (Å²) in [5.74, 6) is -0.248. The Morgan fingerprint density at radius 3 is 2.83 bits per heavy atom. The number of nitrogens with one attached hydrogen (secondary N) is 1. The highest BCUT2D eigenvalue weighted by Crippen LogP contribution is 2.10. The number of nitrogens with two attached hydrogens (primary N) is 1. The van der Waals surface area contributed by atoms with E-state index in [-0.39, 0.29) is 5.91 Å². The van der Waals surface area contributed by atoms with Gasteiger partial charge in [0.15, 0.2) is 0 Å². The molecule has 1 aromatic heterocycles. The lowest BCUT2D eigenvalue weighted by Crippen LogP contribution is -2.45. The van der Waals surface area contributed by atoms with Crippen molar-refractivity contribution in [3.05, 3.63) is 11.9 Å². The van der Waals surface area contributed by atoms with Gasteiger partial charge in [-0.2, -0.15) is 0 Å². The molecule has 2 rings (SSSR count). The number of hydrogen-bond acceptors (Lipinski definition) is 5. The first-order chi connectivity index (χ1) is 8.65. The highest BCUT2D eigenvalue weighted by molar-refractivity contribution is 5.75. The molecule has 0 saturated carbocycles. The molecule has 0 aliphatic carbocycles. The van der Waals surface area contributed by atoms with Crippen LogP contribution in [0.1, 0.15) is 18.5 Å². The Labute approximate surface area is 106 Å². The van der Waals surface area contributed by atoms with Crippen molar-refractivity contribution in [2.75, 3.05) is 19.6 Å². The normalized spacial score (nSPS) is 18.1. The molecular weight excluding hydrogens is 232 g/mol. The second-order valence-electron chi connectivity index (χ2n) is 4.75. The molecule has 1 amide bonds. The van der Waals surface area contributed by atoms with Crippen molar-refractivity contribution in [2.45, 2.75) is 25.4 Å². The van der Waals surface area contributed by atoms with Crippen LogP contribution in [0.15, 0.2) is 6.20 Å². The van der Waals surface area contributed by atoms with Gasteiger partial charge in [0.25, 0.3) is 0 Å². The van der Waals surface area contributed by atoms with Crippen molar-refractivity contribution in [1.29, 1.82) is 0 Å². The van der Waals surface area contributed by atoms with Gasteiger partial charge in [-0.15, -0.1) is 5.10 Å². The van der Waals surface area contributed by atoms with Gasteiger partial charge in [-0.25, -0.2) is 0 Å². The van der Waals surface area contributed by atoms with Crippen LogP contribution >= 0.6 is 0 Å². The first-order valence-electron chi connectivity index (χ1n) is 6.23. The number of aryl methyl sites for hydroxylation is 1. The van der Waals surface area contributed by atoms with Crippen molar-refractivity contribution in [2.24, 2.45) is 12.8 Å². The SMILES string of the molecule is Cn1nncc1CNC1CCN(CC(N)=O)CC1. The van der Waals surface area contributed by atoms with Crippen molar-refractivity contribution >= 4 is 5.91 Å². The van der Waals surface area contributed by atoms with Crippen molar-refractivity contribution in [3.63, 3.8) is 0 Å². The molecule has 0 unspecified atom stereocenters. The molecule has 100 valence electrons. The van der Waals surface area contributed by atoms with Gasteiger partial charge in [0.2, 0.25) is 5.91 Å². The zero-order chi connectivity index (χ0) is 13.0. The lowest BCUT2D eigenvalue weighted by atomic mass is 10.1. The van der Waals surface area contributed by atoms with E-state index in [1.54, 1.807) is 10.9 Å². The Kier molecular flexibility index (Phi) is 4.27. The standard InChI is InChI=1S/C11H20N6O/c1-16-10(7-14-15-16)6-13-9-2-4-17(5-3-9)8-11(12)18/h7,9,13H,2-6,8H2,1H3,(H2,12,18). The molecule has 1 saturated heterocycles. The Morgan fingerprint density at radius 2 is 2.28 bits per heavy atom. The number of hydrogen-bond donors (Lipinski definition) is 2. The Hall–Kier alpha value is -1.47. The fourth-order valence-electron chi connectivity index (χ4n) is 2.24. The number of rotatable bonds is 5. The van der Waals surface area contributed by atoms with E-state index in [4.69, 9.17) is 5.73 Å². The summed E-state index contributed by atoms with van der Waals surface area (Å²) in [6, 6.07) is 0.490. The van der Waals surface area contributed by atoms with E-state index in [1.807, 2.05) is 7.05 Å². The number of carbonyl (C=O) groups excluding carboxylic acids is 1. The van der Waals surface area contributed by atoms with Crippen LogP contribution in [-0.2, 0) is 18.4 Å². The van der Waals surface area contributed by atoms with Crippen LogP contribution in [0.5, 0.6) is 0 Å². The average Bonchev–Trinajstić information content (AvgIpc) is 2.73. The van der Waals surface area contributed by atoms with E-state index >= 15 is 0 Å². The average molecular weight is 252 g/mol. The lowest BCUT2D eigenvalue weighted by Gasteiger charge is -2.31. The maximum atomic E-state index is 10.8. The number of amides is 1. The summed E-state index contributed by atoms with van der Waals surface area (Å²) in [5, 5.41) is 11.2. The largest absolute Gasteiger partial charge is 0.369 e. The molecule has 0 atom stereocenters. The molecule has 1 aromatic rings. The first-order valence-corrected chi connectivity index (χ1v) is 6.23. The molecule has 2 heterocycles.